The smallest absolute Gasteiger partial charge is 0.365 e. The highest BCUT2D eigenvalue weighted by Gasteiger charge is 2.25. The van der Waals surface area contributed by atoms with Crippen LogP contribution in [0.15, 0.2) is 42.2 Å². The van der Waals surface area contributed by atoms with Crippen LogP contribution in [0.25, 0.3) is 22.1 Å². The number of hydrogen-bond acceptors (Lipinski definition) is 18. The van der Waals surface area contributed by atoms with Crippen LogP contribution in [-0.2, 0) is 40.4 Å². The number of nitro groups is 1. The first-order valence-electron chi connectivity index (χ1n) is 16.9. The Kier molecular flexibility index (Phi) is 23.9. The molecule has 27 heteroatoms. The first kappa shape index (κ1) is 51.6. The topological polar surface area (TPSA) is 372 Å². The van der Waals surface area contributed by atoms with E-state index in [9.17, 15) is 24.5 Å². The van der Waals surface area contributed by atoms with Crippen molar-refractivity contribution in [3.05, 3.63) is 74.5 Å². The Hall–Kier alpha value is -7.35. The van der Waals surface area contributed by atoms with E-state index in [-0.39, 0.29) is 22.6 Å². The Morgan fingerprint density at radius 2 is 1.27 bits per heavy atom. The molecule has 0 aliphatic carbocycles. The van der Waals surface area contributed by atoms with E-state index in [1.807, 2.05) is 27.0 Å². The number of carboxylic acid groups (broad SMARTS) is 1. The van der Waals surface area contributed by atoms with E-state index in [4.69, 9.17) is 37.8 Å². The second-order valence-electron chi connectivity index (χ2n) is 10.3. The van der Waals surface area contributed by atoms with E-state index in [2.05, 4.69) is 55.5 Å². The number of carboxylic acids is 1. The summed E-state index contributed by atoms with van der Waals surface area (Å²) in [4.78, 5) is 66.3. The average Bonchev–Trinajstić information content (AvgIpc) is 4.04. The lowest BCUT2D eigenvalue weighted by Crippen LogP contribution is -2.06. The molecule has 0 bridgehead atoms. The number of aliphatic hydroxyl groups excluding tert-OH is 1. The van der Waals surface area contributed by atoms with Gasteiger partial charge in [0.2, 0.25) is 5.69 Å². The summed E-state index contributed by atoms with van der Waals surface area (Å²) in [7, 11) is 3.45. The van der Waals surface area contributed by atoms with Gasteiger partial charge in [0.1, 0.15) is 29.1 Å². The van der Waals surface area contributed by atoms with Gasteiger partial charge in [0.15, 0.2) is 16.4 Å². The molecular weight excluding hydrogens is 804 g/mol. The average molecular weight is 851 g/mol. The van der Waals surface area contributed by atoms with Gasteiger partial charge in [0.25, 0.3) is 11.5 Å². The Balaban J connectivity index is 0.000000712. The molecule has 0 unspecified atom stereocenters. The fourth-order valence-electron chi connectivity index (χ4n) is 3.88. The number of ether oxygens (including phenoxy) is 2. The summed E-state index contributed by atoms with van der Waals surface area (Å²) in [6.07, 6.45) is 9.98. The molecule has 6 aromatic heterocycles. The fraction of sp³-hybridized carbons (Fsp3) is 0.375. The minimum Gasteiger partial charge on any atom is -0.481 e. The lowest BCUT2D eigenvalue weighted by atomic mass is 10.4. The molecule has 0 aromatic carbocycles. The Morgan fingerprint density at radius 3 is 1.69 bits per heavy atom. The second kappa shape index (κ2) is 27.3. The van der Waals surface area contributed by atoms with Gasteiger partial charge < -0.3 is 36.1 Å². The summed E-state index contributed by atoms with van der Waals surface area (Å²) >= 11 is 5.80. The second-order valence-corrected chi connectivity index (χ2v) is 10.6. The van der Waals surface area contributed by atoms with Crippen LogP contribution in [-0.4, -0.2) is 120 Å². The van der Waals surface area contributed by atoms with Crippen LogP contribution in [0.3, 0.4) is 0 Å². The number of nitrogen functional groups attached to an aromatic ring is 1. The number of anilines is 1. The zero-order valence-corrected chi connectivity index (χ0v) is 34.2. The van der Waals surface area contributed by atoms with Crippen molar-refractivity contribution < 1.29 is 39.0 Å². The number of methoxy groups -OCH3 is 2. The molecule has 0 radical (unpaired) electrons. The number of nitrogens with zero attached hydrogens (tertiary/aromatic N) is 12. The maximum atomic E-state index is 11.1. The fourth-order valence-corrected chi connectivity index (χ4v) is 4.06. The van der Waals surface area contributed by atoms with Gasteiger partial charge in [0, 0.05) is 46.4 Å². The number of aliphatic carboxylic acids is 1. The van der Waals surface area contributed by atoms with Crippen molar-refractivity contribution in [3.8, 4) is 0 Å². The summed E-state index contributed by atoms with van der Waals surface area (Å²) in [6.45, 7) is 11.4. The van der Waals surface area contributed by atoms with Crippen LogP contribution in [0.2, 0.25) is 5.15 Å². The van der Waals surface area contributed by atoms with Crippen LogP contribution in [0.5, 0.6) is 0 Å². The number of carbonyl (C=O) groups is 3. The number of nitrogens with two attached hydrogens (primary N) is 2. The quantitative estimate of drug-likeness (QED) is 0.0333. The van der Waals surface area contributed by atoms with Crippen molar-refractivity contribution in [1.29, 1.82) is 5.41 Å². The highest BCUT2D eigenvalue weighted by molar-refractivity contribution is 6.33. The van der Waals surface area contributed by atoms with E-state index >= 15 is 0 Å². The molecule has 59 heavy (non-hydrogen) atoms. The number of aromatic nitrogens is 12. The lowest BCUT2D eigenvalue weighted by molar-refractivity contribution is -0.385. The van der Waals surface area contributed by atoms with Gasteiger partial charge >= 0.3 is 17.6 Å². The SMILES string of the molecule is CC(=O)O.CCn1cc(N)c(C(=O)OC)n1.CCn1cc([N+](=O)[O-])c(C(=O)OC)n1.CCn1cc2nc[nH]c(=O)c2n1.CCn1cc2ncnc(Cl)c2n1.CO.N=CN. The number of H-pyrrole nitrogens is 1. The standard InChI is InChI=1S/C7H7ClN4.C7H8N4O.C7H9N3O4.C7H11N3O2.C2H4O2.CH4N2.CH4O/c1-2-12-3-5-6(11-12)7(8)10-4-9-5;1-2-11-3-5-6(10-11)7(12)9-4-8-5;1-3-9-4-5(10(12)13)6(8-9)7(11)14-2;1-3-10-4-5(8)6(9-10)7(11)12-2;1-2(3)4;2-1-3;1-2/h3-4H,2H2,1H3;3-4H,2H2,1H3,(H,8,9,12);4H,3H2,1-2H3;4H,3,8H2,1-2H3;1H3,(H,3,4);1H,(H3,2,3);2H,1H3. The molecule has 6 heterocycles. The number of aryl methyl sites for hydroxylation is 4. The van der Waals surface area contributed by atoms with Gasteiger partial charge in [-0.05, 0) is 27.7 Å². The third-order valence-corrected chi connectivity index (χ3v) is 6.72. The Bertz CT molecular complexity index is 2290. The number of fused-ring (bicyclic) bond motifs is 2. The third kappa shape index (κ3) is 16.7. The highest BCUT2D eigenvalue weighted by atomic mass is 35.5. The predicted octanol–water partition coefficient (Wildman–Crippen LogP) is 1.76. The van der Waals surface area contributed by atoms with Crippen molar-refractivity contribution in [1.82, 2.24) is 59.1 Å². The molecule has 6 rings (SSSR count). The molecular formula is C32H47ClN16O10. The minimum absolute atomic E-state index is 0.180. The number of hydrogen-bond donors (Lipinski definition) is 6. The molecule has 0 aliphatic rings. The first-order valence-corrected chi connectivity index (χ1v) is 17.2. The molecule has 0 saturated carbocycles. The first-order chi connectivity index (χ1) is 28.0. The maximum Gasteiger partial charge on any atom is 0.365 e. The summed E-state index contributed by atoms with van der Waals surface area (Å²) in [6, 6.07) is 0. The Morgan fingerprint density at radius 1 is 0.847 bits per heavy atom. The van der Waals surface area contributed by atoms with Crippen molar-refractivity contribution in [2.24, 2.45) is 5.73 Å². The van der Waals surface area contributed by atoms with Crippen LogP contribution < -0.4 is 17.0 Å². The van der Waals surface area contributed by atoms with Gasteiger partial charge in [-0.15, -0.1) is 0 Å². The minimum atomic E-state index is -0.833. The number of carbonyl (C=O) groups excluding carboxylic acids is 2. The molecule has 0 aliphatic heterocycles. The zero-order valence-electron chi connectivity index (χ0n) is 33.4. The molecule has 0 saturated heterocycles. The summed E-state index contributed by atoms with van der Waals surface area (Å²) in [5.41, 5.74) is 12.1. The van der Waals surface area contributed by atoms with Crippen LogP contribution in [0.4, 0.5) is 11.4 Å². The lowest BCUT2D eigenvalue weighted by Gasteiger charge is -1.93. The number of rotatable bonds is 7. The van der Waals surface area contributed by atoms with E-state index in [1.54, 1.807) is 33.4 Å². The molecule has 8 N–H and O–H groups in total. The number of aliphatic hydroxyl groups is 1. The van der Waals surface area contributed by atoms with E-state index in [1.165, 1.54) is 30.6 Å². The molecule has 0 atom stereocenters. The summed E-state index contributed by atoms with van der Waals surface area (Å²) in [5, 5.41) is 47.1. The molecule has 26 nitrogen and oxygen atoms in total. The summed E-state index contributed by atoms with van der Waals surface area (Å²) in [5.74, 6) is -2.14. The third-order valence-electron chi connectivity index (χ3n) is 6.44. The van der Waals surface area contributed by atoms with Crippen molar-refractivity contribution in [2.45, 2.75) is 60.8 Å². The number of halogens is 1. The van der Waals surface area contributed by atoms with Gasteiger partial charge in [-0.25, -0.2) is 24.5 Å². The molecule has 0 fully saturated rings. The highest BCUT2D eigenvalue weighted by Crippen LogP contribution is 2.18. The van der Waals surface area contributed by atoms with E-state index < -0.39 is 22.8 Å². The molecule has 6 aromatic rings. The van der Waals surface area contributed by atoms with Crippen molar-refractivity contribution in [3.63, 3.8) is 0 Å². The number of aromatic amines is 1. The summed E-state index contributed by atoms with van der Waals surface area (Å²) < 4.78 is 15.2. The van der Waals surface area contributed by atoms with Gasteiger partial charge in [-0.3, -0.25) is 43.8 Å². The van der Waals surface area contributed by atoms with Crippen LogP contribution in [0, 0.1) is 15.5 Å². The predicted molar refractivity (Wildman–Crippen MR) is 214 cm³/mol. The Labute approximate surface area is 340 Å². The van der Waals surface area contributed by atoms with Gasteiger partial charge in [0.05, 0.1) is 49.9 Å². The monoisotopic (exact) mass is 850 g/mol. The number of nitrogens with one attached hydrogen (secondary N) is 2. The van der Waals surface area contributed by atoms with Gasteiger partial charge in [-0.2, -0.15) is 20.4 Å². The van der Waals surface area contributed by atoms with Crippen LogP contribution >= 0.6 is 11.6 Å². The van der Waals surface area contributed by atoms with Crippen molar-refractivity contribution >= 4 is 69.3 Å². The van der Waals surface area contributed by atoms with Gasteiger partial charge in [-0.1, -0.05) is 11.6 Å². The van der Waals surface area contributed by atoms with E-state index in [0.29, 0.717) is 40.5 Å². The van der Waals surface area contributed by atoms with Crippen molar-refractivity contribution in [2.75, 3.05) is 27.1 Å². The number of esters is 2. The molecule has 0 amide bonds. The molecule has 0 spiro atoms. The normalized spacial score (nSPS) is 9.46. The molecule has 322 valence electrons. The largest absolute Gasteiger partial charge is 0.481 e. The zero-order chi connectivity index (χ0) is 45.2. The van der Waals surface area contributed by atoms with Crippen LogP contribution in [0.1, 0.15) is 55.6 Å². The maximum absolute atomic E-state index is 11.1. The van der Waals surface area contributed by atoms with E-state index in [0.717, 1.165) is 46.1 Å².